The number of hydrogen-bond donors (Lipinski definition) is 2. The molecule has 0 aliphatic carbocycles. The topological polar surface area (TPSA) is 76.7 Å². The van der Waals surface area contributed by atoms with Crippen molar-refractivity contribution in [1.82, 2.24) is 10.9 Å². The number of amides is 2. The van der Waals surface area contributed by atoms with Crippen LogP contribution in [0, 0.1) is 6.92 Å². The van der Waals surface area contributed by atoms with Gasteiger partial charge in [-0.05, 0) is 43.7 Å². The first-order chi connectivity index (χ1) is 12.6. The molecule has 136 valence electrons. The smallest absolute Gasteiger partial charge is 0.276 e. The molecule has 0 saturated carbocycles. The summed E-state index contributed by atoms with van der Waals surface area (Å²) in [5, 5.41) is 0. The number of ether oxygens (including phenoxy) is 2. The van der Waals surface area contributed by atoms with E-state index in [1.54, 1.807) is 12.1 Å². The molecule has 2 N–H and O–H groups in total. The first-order valence-corrected chi connectivity index (χ1v) is 8.26. The summed E-state index contributed by atoms with van der Waals surface area (Å²) < 4.78 is 10.8. The van der Waals surface area contributed by atoms with Gasteiger partial charge >= 0.3 is 0 Å². The molecule has 2 aromatic carbocycles. The van der Waals surface area contributed by atoms with Crippen molar-refractivity contribution in [2.45, 2.75) is 13.8 Å². The number of nitrogens with one attached hydrogen (secondary N) is 2. The van der Waals surface area contributed by atoms with E-state index < -0.39 is 11.8 Å². The zero-order valence-corrected chi connectivity index (χ0v) is 14.8. The van der Waals surface area contributed by atoms with Crippen LogP contribution < -0.4 is 20.3 Å². The van der Waals surface area contributed by atoms with E-state index in [2.05, 4.69) is 10.9 Å². The van der Waals surface area contributed by atoms with Gasteiger partial charge in [0.2, 0.25) is 0 Å². The van der Waals surface area contributed by atoms with Gasteiger partial charge in [0, 0.05) is 11.6 Å². The Labute approximate surface area is 152 Å². The summed E-state index contributed by atoms with van der Waals surface area (Å²) in [6.07, 6.45) is 2.94. The lowest BCUT2D eigenvalue weighted by Crippen LogP contribution is -2.43. The van der Waals surface area contributed by atoms with Crippen LogP contribution in [0.2, 0.25) is 0 Å². The third-order valence-electron chi connectivity index (χ3n) is 3.32. The second kappa shape index (κ2) is 9.88. The van der Waals surface area contributed by atoms with E-state index in [0.29, 0.717) is 18.1 Å². The van der Waals surface area contributed by atoms with Gasteiger partial charge in [0.15, 0.2) is 6.61 Å². The van der Waals surface area contributed by atoms with Crippen molar-refractivity contribution >= 4 is 17.9 Å². The van der Waals surface area contributed by atoms with E-state index in [0.717, 1.165) is 11.1 Å². The fraction of sp³-hybridized carbons (Fsp3) is 0.200. The Hall–Kier alpha value is -3.28. The molecular weight excluding hydrogens is 332 g/mol. The summed E-state index contributed by atoms with van der Waals surface area (Å²) >= 11 is 0. The number of rotatable bonds is 7. The fourth-order valence-corrected chi connectivity index (χ4v) is 2.13. The van der Waals surface area contributed by atoms with Crippen molar-refractivity contribution in [2.75, 3.05) is 13.2 Å². The number of carbonyl (C=O) groups excluding carboxylic acids is 2. The van der Waals surface area contributed by atoms with Gasteiger partial charge in [-0.25, -0.2) is 0 Å². The molecule has 0 bridgehead atoms. The van der Waals surface area contributed by atoms with E-state index in [-0.39, 0.29) is 6.61 Å². The quantitative estimate of drug-likeness (QED) is 0.592. The van der Waals surface area contributed by atoms with Crippen molar-refractivity contribution in [3.8, 4) is 11.5 Å². The van der Waals surface area contributed by atoms with Gasteiger partial charge in [0.1, 0.15) is 11.5 Å². The molecule has 2 amide bonds. The number of carbonyl (C=O) groups is 2. The first kappa shape index (κ1) is 19.1. The predicted octanol–water partition coefficient (Wildman–Crippen LogP) is 2.63. The number of hydrazine groups is 1. The number of para-hydroxylation sites is 1. The van der Waals surface area contributed by atoms with E-state index in [9.17, 15) is 9.59 Å². The van der Waals surface area contributed by atoms with Crippen LogP contribution in [0.5, 0.6) is 11.5 Å². The highest BCUT2D eigenvalue weighted by molar-refractivity contribution is 5.93. The zero-order valence-electron chi connectivity index (χ0n) is 14.8. The van der Waals surface area contributed by atoms with Crippen LogP contribution in [-0.4, -0.2) is 25.0 Å². The normalized spacial score (nSPS) is 10.4. The highest BCUT2D eigenvalue weighted by atomic mass is 16.5. The average Bonchev–Trinajstić information content (AvgIpc) is 2.64. The van der Waals surface area contributed by atoms with Crippen molar-refractivity contribution in [2.24, 2.45) is 0 Å². The van der Waals surface area contributed by atoms with E-state index in [1.807, 2.05) is 56.3 Å². The summed E-state index contributed by atoms with van der Waals surface area (Å²) in [7, 11) is 0. The number of hydrogen-bond acceptors (Lipinski definition) is 4. The second-order valence-electron chi connectivity index (χ2n) is 5.45. The molecule has 2 aromatic rings. The van der Waals surface area contributed by atoms with Gasteiger partial charge in [-0.3, -0.25) is 20.4 Å². The lowest BCUT2D eigenvalue weighted by molar-refractivity contribution is -0.128. The third-order valence-corrected chi connectivity index (χ3v) is 3.32. The van der Waals surface area contributed by atoms with E-state index >= 15 is 0 Å². The molecule has 0 aliphatic rings. The maximum Gasteiger partial charge on any atom is 0.276 e. The van der Waals surface area contributed by atoms with Crippen LogP contribution in [-0.2, 0) is 9.59 Å². The van der Waals surface area contributed by atoms with Crippen LogP contribution in [0.15, 0.2) is 54.6 Å². The second-order valence-corrected chi connectivity index (χ2v) is 5.45. The third kappa shape index (κ3) is 6.32. The van der Waals surface area contributed by atoms with Crippen LogP contribution >= 0.6 is 0 Å². The molecule has 0 saturated heterocycles. The molecule has 6 heteroatoms. The van der Waals surface area contributed by atoms with E-state index in [4.69, 9.17) is 9.47 Å². The molecule has 0 aromatic heterocycles. The highest BCUT2D eigenvalue weighted by Crippen LogP contribution is 2.19. The molecule has 0 unspecified atom stereocenters. The minimum Gasteiger partial charge on any atom is -0.493 e. The summed E-state index contributed by atoms with van der Waals surface area (Å²) in [5.74, 6) is 0.372. The summed E-state index contributed by atoms with van der Waals surface area (Å²) in [4.78, 5) is 23.5. The zero-order chi connectivity index (χ0) is 18.8. The standard InChI is InChI=1S/C20H22N2O4/c1-3-25-18-10-5-4-8-16(18)11-12-19(23)21-22-20(24)14-26-17-9-6-7-15(2)13-17/h4-13H,3,14H2,1-2H3,(H,21,23)(H,22,24)/b12-11+. The van der Waals surface area contributed by atoms with Gasteiger partial charge < -0.3 is 9.47 Å². The first-order valence-electron chi connectivity index (χ1n) is 8.26. The van der Waals surface area contributed by atoms with Crippen molar-refractivity contribution < 1.29 is 19.1 Å². The molecule has 26 heavy (non-hydrogen) atoms. The van der Waals surface area contributed by atoms with Gasteiger partial charge in [0.25, 0.3) is 11.8 Å². The Balaban J connectivity index is 1.78. The SMILES string of the molecule is CCOc1ccccc1/C=C/C(=O)NNC(=O)COc1cccc(C)c1. The monoisotopic (exact) mass is 354 g/mol. The van der Waals surface area contributed by atoms with Crippen molar-refractivity contribution in [3.05, 3.63) is 65.7 Å². The fourth-order valence-electron chi connectivity index (χ4n) is 2.13. The Morgan fingerprint density at radius 3 is 2.62 bits per heavy atom. The molecule has 2 rings (SSSR count). The van der Waals surface area contributed by atoms with Crippen LogP contribution in [0.4, 0.5) is 0 Å². The Morgan fingerprint density at radius 2 is 1.85 bits per heavy atom. The molecule has 6 nitrogen and oxygen atoms in total. The summed E-state index contributed by atoms with van der Waals surface area (Å²) in [6.45, 7) is 4.17. The minimum atomic E-state index is -0.458. The largest absolute Gasteiger partial charge is 0.493 e. The Bertz CT molecular complexity index is 787. The lowest BCUT2D eigenvalue weighted by Gasteiger charge is -2.08. The molecule has 0 radical (unpaired) electrons. The van der Waals surface area contributed by atoms with Crippen molar-refractivity contribution in [1.29, 1.82) is 0 Å². The minimum absolute atomic E-state index is 0.194. The highest BCUT2D eigenvalue weighted by Gasteiger charge is 2.04. The molecule has 0 atom stereocenters. The van der Waals surface area contributed by atoms with Gasteiger partial charge in [-0.15, -0.1) is 0 Å². The Kier molecular flexibility index (Phi) is 7.24. The molecule has 0 spiro atoms. The average molecular weight is 354 g/mol. The molecule has 0 aliphatic heterocycles. The summed E-state index contributed by atoms with van der Waals surface area (Å²) in [6, 6.07) is 14.7. The van der Waals surface area contributed by atoms with Crippen LogP contribution in [0.25, 0.3) is 6.08 Å². The Morgan fingerprint density at radius 1 is 1.04 bits per heavy atom. The van der Waals surface area contributed by atoms with Crippen LogP contribution in [0.1, 0.15) is 18.1 Å². The van der Waals surface area contributed by atoms with Gasteiger partial charge in [-0.1, -0.05) is 30.3 Å². The maximum absolute atomic E-state index is 11.8. The van der Waals surface area contributed by atoms with Crippen LogP contribution in [0.3, 0.4) is 0 Å². The lowest BCUT2D eigenvalue weighted by atomic mass is 10.2. The van der Waals surface area contributed by atoms with Crippen molar-refractivity contribution in [3.63, 3.8) is 0 Å². The van der Waals surface area contributed by atoms with E-state index in [1.165, 1.54) is 6.08 Å². The summed E-state index contributed by atoms with van der Waals surface area (Å²) in [5.41, 5.74) is 6.42. The molecule has 0 fully saturated rings. The maximum atomic E-state index is 11.8. The van der Waals surface area contributed by atoms with Gasteiger partial charge in [-0.2, -0.15) is 0 Å². The predicted molar refractivity (Wildman–Crippen MR) is 99.6 cm³/mol. The molecule has 0 heterocycles. The number of aryl methyl sites for hydroxylation is 1. The van der Waals surface area contributed by atoms with Gasteiger partial charge in [0.05, 0.1) is 6.61 Å². The molecular formula is C20H22N2O4. The number of benzene rings is 2.